The van der Waals surface area contributed by atoms with Crippen molar-refractivity contribution in [2.45, 2.75) is 38.0 Å². The molecule has 61 heavy (non-hydrogen) atoms. The van der Waals surface area contributed by atoms with Gasteiger partial charge in [-0.15, -0.1) is 0 Å². The van der Waals surface area contributed by atoms with E-state index in [-0.39, 0.29) is 46.3 Å². The van der Waals surface area contributed by atoms with E-state index in [1.165, 1.54) is 44.2 Å². The maximum Gasteiger partial charge on any atom is 2.00 e. The summed E-state index contributed by atoms with van der Waals surface area (Å²) < 4.78 is 0. The topological polar surface area (TPSA) is 172 Å². The van der Waals surface area contributed by atoms with Crippen molar-refractivity contribution in [3.8, 4) is 6.07 Å². The summed E-state index contributed by atoms with van der Waals surface area (Å²) in [6.45, 7) is 11.5. The zero-order valence-electron chi connectivity index (χ0n) is 36.2. The SMILES string of the molecule is CC#N.CN(C)CCN=Cc1cc(C(C)(C)C)cc(C=NCCN(C)C)c1[S-].[N-]=[N+]=[N-].[N-]=[N+]=[N-].[Pd+2].[Pd+2].c1ccc([B-](c2ccccc2)(c2ccccc2)c2ccccc2)cc1. The van der Waals surface area contributed by atoms with Crippen molar-refractivity contribution >= 4 is 53.1 Å². The predicted octanol–water partition coefficient (Wildman–Crippen LogP) is 8.17. The molecule has 324 valence electrons. The van der Waals surface area contributed by atoms with Crippen LogP contribution in [0.1, 0.15) is 44.4 Å². The standard InChI is InChI=1S/C24H20B.C20H34N4S.C2H3N.2N3.2Pd/c1-5-13-21(14-6-1)25(22-15-7-2-8-16-22,23-17-9-3-10-18-23)24-19-11-4-12-20-24;1-20(2,3)18-12-16(14-21-8-10-23(4)5)19(25)17(13-18)15-22-9-11-24(6)7;1-2-3;2*1-3-2;;/h1-20H;12-15,25H,8-11H2,1-7H3;1H3;;;;/q-1;;;2*-1;2*+2/p-1. The van der Waals surface area contributed by atoms with E-state index in [2.05, 4.69) is 202 Å². The first kappa shape index (κ1) is 58.2. The van der Waals surface area contributed by atoms with Gasteiger partial charge < -0.3 is 44.6 Å². The second-order valence-electron chi connectivity index (χ2n) is 14.8. The molecule has 0 amide bonds. The third kappa shape index (κ3) is 20.5. The molecule has 5 aromatic rings. The van der Waals surface area contributed by atoms with Crippen molar-refractivity contribution in [2.75, 3.05) is 54.4 Å². The largest absolute Gasteiger partial charge is 2.00 e. The Hall–Kier alpha value is -4.92. The Bertz CT molecular complexity index is 1880. The molecule has 0 aliphatic rings. The Morgan fingerprint density at radius 2 is 0.852 bits per heavy atom. The molecular weight excluding hydrogens is 962 g/mol. The Morgan fingerprint density at radius 1 is 0.607 bits per heavy atom. The third-order valence-corrected chi connectivity index (χ3v) is 9.50. The average Bonchev–Trinajstić information content (AvgIpc) is 3.22. The fraction of sp³-hybridized carbons (Fsp3) is 0.283. The molecule has 0 aliphatic carbocycles. The zero-order chi connectivity index (χ0) is 44.1. The van der Waals surface area contributed by atoms with Crippen LogP contribution in [0.5, 0.6) is 0 Å². The van der Waals surface area contributed by atoms with Crippen molar-refractivity contribution < 1.29 is 40.8 Å². The van der Waals surface area contributed by atoms with Crippen LogP contribution in [0.3, 0.4) is 0 Å². The minimum Gasteiger partial charge on any atom is -0.778 e. The van der Waals surface area contributed by atoms with Gasteiger partial charge in [-0.3, -0.25) is 19.8 Å². The van der Waals surface area contributed by atoms with Crippen LogP contribution < -0.4 is 21.9 Å². The minimum atomic E-state index is -1.22. The van der Waals surface area contributed by atoms with E-state index in [1.807, 2.05) is 12.4 Å². The quantitative estimate of drug-likeness (QED) is 0.0307. The van der Waals surface area contributed by atoms with Crippen LogP contribution in [0.25, 0.3) is 31.9 Å². The van der Waals surface area contributed by atoms with E-state index in [1.54, 1.807) is 6.07 Å². The van der Waals surface area contributed by atoms with Crippen LogP contribution in [0.4, 0.5) is 0 Å². The normalized spacial score (nSPS) is 10.3. The van der Waals surface area contributed by atoms with Crippen molar-refractivity contribution in [3.05, 3.63) is 182 Å². The van der Waals surface area contributed by atoms with E-state index >= 15 is 0 Å². The van der Waals surface area contributed by atoms with Gasteiger partial charge in [-0.05, 0) is 50.3 Å². The summed E-state index contributed by atoms with van der Waals surface area (Å²) in [6, 6.07) is 49.6. The molecule has 0 bridgehead atoms. The Morgan fingerprint density at radius 3 is 1.07 bits per heavy atom. The Kier molecular flexibility index (Phi) is 31.3. The van der Waals surface area contributed by atoms with Gasteiger partial charge in [0.2, 0.25) is 0 Å². The van der Waals surface area contributed by atoms with Gasteiger partial charge in [-0.1, -0.05) is 154 Å². The van der Waals surface area contributed by atoms with E-state index < -0.39 is 6.15 Å². The third-order valence-electron chi connectivity index (χ3n) is 9.02. The van der Waals surface area contributed by atoms with Crippen molar-refractivity contribution in [1.29, 1.82) is 5.26 Å². The average molecular weight is 1020 g/mol. The molecule has 11 nitrogen and oxygen atoms in total. The summed E-state index contributed by atoms with van der Waals surface area (Å²) in [7, 11) is 8.21. The van der Waals surface area contributed by atoms with Gasteiger partial charge in [-0.25, -0.2) is 0 Å². The molecule has 0 spiro atoms. The van der Waals surface area contributed by atoms with Gasteiger partial charge in [0.15, 0.2) is 0 Å². The summed E-state index contributed by atoms with van der Waals surface area (Å²) in [4.78, 5) is 17.2. The molecule has 0 aromatic heterocycles. The molecular formula is C46H56BN11Pd2S. The number of aliphatic imine (C=N–C) groups is 2. The number of benzene rings is 5. The van der Waals surface area contributed by atoms with E-state index in [0.717, 1.165) is 42.2 Å². The maximum absolute atomic E-state index is 7.32. The zero-order valence-corrected chi connectivity index (χ0v) is 40.1. The first-order chi connectivity index (χ1) is 28.3. The molecule has 15 heteroatoms. The maximum atomic E-state index is 7.32. The summed E-state index contributed by atoms with van der Waals surface area (Å²) in [5, 5.41) is 7.32. The Balaban J connectivity index is 0. The molecule has 0 unspecified atom stereocenters. The summed E-state index contributed by atoms with van der Waals surface area (Å²) in [5.41, 5.74) is 35.7. The fourth-order valence-corrected chi connectivity index (χ4v) is 6.49. The number of rotatable bonds is 12. The van der Waals surface area contributed by atoms with E-state index in [0.29, 0.717) is 0 Å². The number of hydrogen-bond donors (Lipinski definition) is 0. The van der Waals surface area contributed by atoms with Crippen LogP contribution in [0.2, 0.25) is 0 Å². The van der Waals surface area contributed by atoms with Crippen LogP contribution in [0.15, 0.2) is 148 Å². The molecule has 0 radical (unpaired) electrons. The van der Waals surface area contributed by atoms with Crippen LogP contribution in [-0.2, 0) is 58.9 Å². The van der Waals surface area contributed by atoms with E-state index in [4.69, 9.17) is 40.0 Å². The second-order valence-corrected chi connectivity index (χ2v) is 15.2. The number of likely N-dealkylation sites (N-methyl/N-ethyl adjacent to an activating group) is 2. The van der Waals surface area contributed by atoms with Crippen LogP contribution >= 0.6 is 0 Å². The second kappa shape index (κ2) is 32.8. The van der Waals surface area contributed by atoms with Gasteiger partial charge in [0.1, 0.15) is 6.15 Å². The Labute approximate surface area is 396 Å². The smallest absolute Gasteiger partial charge is 0.778 e. The predicted molar refractivity (Wildman–Crippen MR) is 254 cm³/mol. The van der Waals surface area contributed by atoms with Gasteiger partial charge in [0, 0.05) is 32.4 Å². The molecule has 0 aliphatic heterocycles. The van der Waals surface area contributed by atoms with Crippen molar-refractivity contribution in [1.82, 2.24) is 9.80 Å². The molecule has 0 fully saturated rings. The van der Waals surface area contributed by atoms with Crippen molar-refractivity contribution in [3.63, 3.8) is 0 Å². The van der Waals surface area contributed by atoms with E-state index in [9.17, 15) is 0 Å². The van der Waals surface area contributed by atoms with Gasteiger partial charge >= 0.3 is 40.8 Å². The van der Waals surface area contributed by atoms with Crippen molar-refractivity contribution in [2.24, 2.45) is 9.98 Å². The van der Waals surface area contributed by atoms with Gasteiger partial charge in [0.05, 0.1) is 19.2 Å². The summed E-state index contributed by atoms with van der Waals surface area (Å²) in [5.74, 6) is 0. The number of nitrogens with zero attached hydrogens (tertiary/aromatic N) is 11. The first-order valence-electron chi connectivity index (χ1n) is 19.1. The molecule has 0 N–H and O–H groups in total. The van der Waals surface area contributed by atoms with Gasteiger partial charge in [0.25, 0.3) is 0 Å². The van der Waals surface area contributed by atoms with Gasteiger partial charge in [-0.2, -0.15) is 32.0 Å². The number of nitriles is 1. The molecule has 5 aromatic carbocycles. The summed E-state index contributed by atoms with van der Waals surface area (Å²) >= 11 is 5.67. The molecule has 0 saturated heterocycles. The summed E-state index contributed by atoms with van der Waals surface area (Å²) in [6.07, 6.45) is 2.61. The van der Waals surface area contributed by atoms with Crippen LogP contribution in [0, 0.1) is 11.3 Å². The fourth-order valence-electron chi connectivity index (χ4n) is 6.26. The monoisotopic (exact) mass is 1020 g/mol. The molecule has 0 saturated carbocycles. The molecule has 0 heterocycles. The minimum absolute atomic E-state index is 0. The molecule has 0 atom stereocenters. The molecule has 5 rings (SSSR count). The van der Waals surface area contributed by atoms with Crippen LogP contribution in [-0.4, -0.2) is 82.7 Å². The first-order valence-corrected chi connectivity index (χ1v) is 19.5. The number of hydrogen-bond acceptors (Lipinski definition) is 6.